The highest BCUT2D eigenvalue weighted by Crippen LogP contribution is 2.25. The highest BCUT2D eigenvalue weighted by molar-refractivity contribution is 5.33. The Kier molecular flexibility index (Phi) is 4.00. The maximum absolute atomic E-state index is 13.2. The standard InChI is InChI=1S/C14H20FNO/c1-10-7-8-11(15)9-14(10)17-13-6-4-2-3-5-12(13)16/h7-9,12-13H,2-6,16H2,1H3. The van der Waals surface area contributed by atoms with Crippen molar-refractivity contribution >= 4 is 0 Å². The number of aryl methyl sites for hydroxylation is 1. The fraction of sp³-hybridized carbons (Fsp3) is 0.571. The Morgan fingerprint density at radius 2 is 2.00 bits per heavy atom. The van der Waals surface area contributed by atoms with Gasteiger partial charge in [-0.2, -0.15) is 0 Å². The zero-order valence-electron chi connectivity index (χ0n) is 10.3. The van der Waals surface area contributed by atoms with Crippen LogP contribution in [0.1, 0.15) is 37.7 Å². The summed E-state index contributed by atoms with van der Waals surface area (Å²) < 4.78 is 19.1. The van der Waals surface area contributed by atoms with Gasteiger partial charge in [0.15, 0.2) is 0 Å². The zero-order chi connectivity index (χ0) is 12.3. The van der Waals surface area contributed by atoms with Gasteiger partial charge >= 0.3 is 0 Å². The second-order valence-electron chi connectivity index (χ2n) is 4.87. The fourth-order valence-electron chi connectivity index (χ4n) is 2.31. The smallest absolute Gasteiger partial charge is 0.126 e. The van der Waals surface area contributed by atoms with E-state index in [1.165, 1.54) is 25.0 Å². The Morgan fingerprint density at radius 3 is 2.82 bits per heavy atom. The van der Waals surface area contributed by atoms with Crippen molar-refractivity contribution in [3.63, 3.8) is 0 Å². The molecule has 94 valence electrons. The lowest BCUT2D eigenvalue weighted by Crippen LogP contribution is -2.38. The van der Waals surface area contributed by atoms with Crippen molar-refractivity contribution < 1.29 is 9.13 Å². The third kappa shape index (κ3) is 3.19. The SMILES string of the molecule is Cc1ccc(F)cc1OC1CCCCCC1N. The van der Waals surface area contributed by atoms with Gasteiger partial charge in [-0.1, -0.05) is 18.9 Å². The predicted octanol–water partition coefficient (Wildman–Crippen LogP) is 3.17. The Hall–Kier alpha value is -1.09. The molecule has 2 nitrogen and oxygen atoms in total. The van der Waals surface area contributed by atoms with Gasteiger partial charge in [-0.05, 0) is 37.8 Å². The first kappa shape index (κ1) is 12.4. The van der Waals surface area contributed by atoms with Gasteiger partial charge in [0, 0.05) is 12.1 Å². The van der Waals surface area contributed by atoms with E-state index in [0.717, 1.165) is 24.8 Å². The number of hydrogen-bond donors (Lipinski definition) is 1. The van der Waals surface area contributed by atoms with Gasteiger partial charge in [0.2, 0.25) is 0 Å². The lowest BCUT2D eigenvalue weighted by Gasteiger charge is -2.23. The van der Waals surface area contributed by atoms with Crippen molar-refractivity contribution in [2.24, 2.45) is 5.73 Å². The van der Waals surface area contributed by atoms with E-state index in [-0.39, 0.29) is 18.0 Å². The van der Waals surface area contributed by atoms with Crippen molar-refractivity contribution in [1.29, 1.82) is 0 Å². The predicted molar refractivity (Wildman–Crippen MR) is 66.6 cm³/mol. The van der Waals surface area contributed by atoms with Gasteiger partial charge in [-0.25, -0.2) is 4.39 Å². The number of nitrogens with two attached hydrogens (primary N) is 1. The van der Waals surface area contributed by atoms with Crippen LogP contribution in [-0.4, -0.2) is 12.1 Å². The molecule has 0 radical (unpaired) electrons. The van der Waals surface area contributed by atoms with Crippen molar-refractivity contribution in [1.82, 2.24) is 0 Å². The van der Waals surface area contributed by atoms with E-state index >= 15 is 0 Å². The molecule has 0 aliphatic heterocycles. The molecule has 1 aliphatic rings. The van der Waals surface area contributed by atoms with Gasteiger partial charge in [0.25, 0.3) is 0 Å². The molecule has 1 aliphatic carbocycles. The lowest BCUT2D eigenvalue weighted by molar-refractivity contribution is 0.161. The maximum atomic E-state index is 13.2. The number of halogens is 1. The van der Waals surface area contributed by atoms with E-state index in [9.17, 15) is 4.39 Å². The van der Waals surface area contributed by atoms with Crippen LogP contribution < -0.4 is 10.5 Å². The van der Waals surface area contributed by atoms with E-state index in [1.54, 1.807) is 6.07 Å². The summed E-state index contributed by atoms with van der Waals surface area (Å²) in [6.45, 7) is 1.93. The van der Waals surface area contributed by atoms with Crippen LogP contribution in [0.5, 0.6) is 5.75 Å². The molecule has 1 fully saturated rings. The summed E-state index contributed by atoms with van der Waals surface area (Å²) in [4.78, 5) is 0. The van der Waals surface area contributed by atoms with E-state index in [4.69, 9.17) is 10.5 Å². The molecule has 3 heteroatoms. The summed E-state index contributed by atoms with van der Waals surface area (Å²) in [7, 11) is 0. The average Bonchev–Trinajstić information content (AvgIpc) is 2.50. The Morgan fingerprint density at radius 1 is 1.24 bits per heavy atom. The summed E-state index contributed by atoms with van der Waals surface area (Å²) in [5.41, 5.74) is 7.06. The maximum Gasteiger partial charge on any atom is 0.126 e. The van der Waals surface area contributed by atoms with Gasteiger partial charge in [-0.15, -0.1) is 0 Å². The molecule has 2 rings (SSSR count). The summed E-state index contributed by atoms with van der Waals surface area (Å²) in [6.07, 6.45) is 5.53. The van der Waals surface area contributed by atoms with Crippen LogP contribution >= 0.6 is 0 Å². The highest BCUT2D eigenvalue weighted by Gasteiger charge is 2.22. The second kappa shape index (κ2) is 5.50. The lowest BCUT2D eigenvalue weighted by atomic mass is 10.1. The first-order valence-corrected chi connectivity index (χ1v) is 6.35. The summed E-state index contributed by atoms with van der Waals surface area (Å²) in [5.74, 6) is 0.375. The van der Waals surface area contributed by atoms with Crippen molar-refractivity contribution in [2.45, 2.75) is 51.2 Å². The molecule has 17 heavy (non-hydrogen) atoms. The molecule has 1 saturated carbocycles. The molecule has 2 unspecified atom stereocenters. The van der Waals surface area contributed by atoms with Crippen LogP contribution in [0.4, 0.5) is 4.39 Å². The zero-order valence-corrected chi connectivity index (χ0v) is 10.3. The Labute approximate surface area is 102 Å². The van der Waals surface area contributed by atoms with Crippen molar-refractivity contribution in [3.05, 3.63) is 29.6 Å². The van der Waals surface area contributed by atoms with Crippen LogP contribution in [-0.2, 0) is 0 Å². The largest absolute Gasteiger partial charge is 0.488 e. The summed E-state index contributed by atoms with van der Waals surface area (Å²) in [5, 5.41) is 0. The third-order valence-electron chi connectivity index (χ3n) is 3.43. The van der Waals surface area contributed by atoms with Crippen LogP contribution in [0.2, 0.25) is 0 Å². The minimum absolute atomic E-state index is 0.0259. The van der Waals surface area contributed by atoms with Gasteiger partial charge in [0.1, 0.15) is 17.7 Å². The van der Waals surface area contributed by atoms with E-state index in [2.05, 4.69) is 0 Å². The number of hydrogen-bond acceptors (Lipinski definition) is 2. The van der Waals surface area contributed by atoms with Crippen LogP contribution in [0.3, 0.4) is 0 Å². The van der Waals surface area contributed by atoms with Crippen molar-refractivity contribution in [2.75, 3.05) is 0 Å². The van der Waals surface area contributed by atoms with Gasteiger partial charge in [-0.3, -0.25) is 0 Å². The minimum Gasteiger partial charge on any atom is -0.488 e. The van der Waals surface area contributed by atoms with E-state index < -0.39 is 0 Å². The number of benzene rings is 1. The molecule has 0 heterocycles. The molecule has 1 aromatic rings. The minimum atomic E-state index is -0.257. The van der Waals surface area contributed by atoms with Crippen LogP contribution in [0, 0.1) is 12.7 Å². The van der Waals surface area contributed by atoms with Crippen LogP contribution in [0.15, 0.2) is 18.2 Å². The Balaban J connectivity index is 2.10. The molecule has 0 aromatic heterocycles. The quantitative estimate of drug-likeness (QED) is 0.802. The number of ether oxygens (including phenoxy) is 1. The highest BCUT2D eigenvalue weighted by atomic mass is 19.1. The van der Waals surface area contributed by atoms with E-state index in [0.29, 0.717) is 5.75 Å². The third-order valence-corrected chi connectivity index (χ3v) is 3.43. The average molecular weight is 237 g/mol. The second-order valence-corrected chi connectivity index (χ2v) is 4.87. The molecule has 1 aromatic carbocycles. The summed E-state index contributed by atoms with van der Waals surface area (Å²) >= 11 is 0. The number of rotatable bonds is 2. The molecule has 2 atom stereocenters. The van der Waals surface area contributed by atoms with Gasteiger partial charge in [0.05, 0.1) is 0 Å². The normalized spacial score (nSPS) is 25.4. The molecule has 2 N–H and O–H groups in total. The molecule has 0 amide bonds. The molecule has 0 bridgehead atoms. The first-order valence-electron chi connectivity index (χ1n) is 6.35. The first-order chi connectivity index (χ1) is 8.16. The molecule has 0 spiro atoms. The molecular formula is C14H20FNO. The topological polar surface area (TPSA) is 35.2 Å². The summed E-state index contributed by atoms with van der Waals surface area (Å²) in [6, 6.07) is 4.72. The fourth-order valence-corrected chi connectivity index (χ4v) is 2.31. The monoisotopic (exact) mass is 237 g/mol. The van der Waals surface area contributed by atoms with Gasteiger partial charge < -0.3 is 10.5 Å². The van der Waals surface area contributed by atoms with E-state index in [1.807, 2.05) is 6.92 Å². The Bertz CT molecular complexity index is 380. The molecule has 0 saturated heterocycles. The van der Waals surface area contributed by atoms with Crippen molar-refractivity contribution in [3.8, 4) is 5.75 Å². The van der Waals surface area contributed by atoms with Crippen LogP contribution in [0.25, 0.3) is 0 Å². The molecular weight excluding hydrogens is 217 g/mol.